The number of piperazine rings is 1. The van der Waals surface area contributed by atoms with Crippen molar-refractivity contribution in [3.05, 3.63) is 15.6 Å². The Labute approximate surface area is 178 Å². The van der Waals surface area contributed by atoms with Crippen LogP contribution in [-0.4, -0.2) is 85.3 Å². The third kappa shape index (κ3) is 8.18. The Morgan fingerprint density at radius 1 is 1.17 bits per heavy atom. The number of aliphatic imine (C=N–C) groups is 1. The molecule has 0 bridgehead atoms. The standard InChI is InChI=1S/C20H36N6O2S/c1-15-16(2)29-17(24-15)7-8-22-18(21-6)23-9-10-25-11-13-26(14-12-25)19(27)28-20(3,4)5/h7-14H2,1-6H3,(H2,21,22,23). The summed E-state index contributed by atoms with van der Waals surface area (Å²) >= 11 is 1.76. The molecule has 1 aromatic rings. The zero-order chi connectivity index (χ0) is 21.4. The first-order valence-corrected chi connectivity index (χ1v) is 11.1. The normalized spacial score (nSPS) is 16.1. The van der Waals surface area contributed by atoms with E-state index < -0.39 is 5.60 Å². The molecule has 0 aromatic carbocycles. The van der Waals surface area contributed by atoms with E-state index in [2.05, 4.69) is 39.4 Å². The van der Waals surface area contributed by atoms with Crippen LogP contribution in [0.1, 0.15) is 36.3 Å². The summed E-state index contributed by atoms with van der Waals surface area (Å²) in [5.74, 6) is 0.808. The molecular formula is C20H36N6O2S. The van der Waals surface area contributed by atoms with Crippen LogP contribution in [0.4, 0.5) is 4.79 Å². The maximum atomic E-state index is 12.1. The van der Waals surface area contributed by atoms with Gasteiger partial charge in [-0.2, -0.15) is 0 Å². The van der Waals surface area contributed by atoms with Crippen LogP contribution in [0.3, 0.4) is 0 Å². The van der Waals surface area contributed by atoms with Crippen molar-refractivity contribution in [1.82, 2.24) is 25.4 Å². The van der Waals surface area contributed by atoms with E-state index in [1.54, 1.807) is 23.3 Å². The largest absolute Gasteiger partial charge is 0.444 e. The summed E-state index contributed by atoms with van der Waals surface area (Å²) in [4.78, 5) is 26.4. The number of rotatable bonds is 6. The van der Waals surface area contributed by atoms with Crippen LogP contribution in [0, 0.1) is 13.8 Å². The fourth-order valence-corrected chi connectivity index (χ4v) is 3.90. The average molecular weight is 425 g/mol. The second kappa shape index (κ2) is 10.8. The van der Waals surface area contributed by atoms with Crippen molar-refractivity contribution < 1.29 is 9.53 Å². The van der Waals surface area contributed by atoms with Gasteiger partial charge in [0.25, 0.3) is 0 Å². The molecule has 1 aromatic heterocycles. The van der Waals surface area contributed by atoms with Crippen molar-refractivity contribution in [2.24, 2.45) is 4.99 Å². The molecule has 0 radical (unpaired) electrons. The molecule has 1 fully saturated rings. The number of aryl methyl sites for hydroxylation is 2. The van der Waals surface area contributed by atoms with Crippen molar-refractivity contribution >= 4 is 23.4 Å². The highest BCUT2D eigenvalue weighted by atomic mass is 32.1. The van der Waals surface area contributed by atoms with E-state index in [0.29, 0.717) is 13.1 Å². The van der Waals surface area contributed by atoms with Crippen molar-refractivity contribution in [3.8, 4) is 0 Å². The minimum atomic E-state index is -0.446. The number of carbonyl (C=O) groups excluding carboxylic acids is 1. The summed E-state index contributed by atoms with van der Waals surface area (Å²) in [6.45, 7) is 15.5. The molecule has 1 aliphatic rings. The first kappa shape index (κ1) is 23.4. The van der Waals surface area contributed by atoms with Gasteiger partial charge in [0.15, 0.2) is 5.96 Å². The Hall–Kier alpha value is -1.87. The number of carbonyl (C=O) groups is 1. The maximum Gasteiger partial charge on any atom is 0.410 e. The molecule has 1 saturated heterocycles. The Bertz CT molecular complexity index is 670. The first-order valence-electron chi connectivity index (χ1n) is 10.3. The summed E-state index contributed by atoms with van der Waals surface area (Å²) in [5, 5.41) is 7.86. The van der Waals surface area contributed by atoms with E-state index in [9.17, 15) is 4.79 Å². The number of guanidine groups is 1. The lowest BCUT2D eigenvalue weighted by Crippen LogP contribution is -2.51. The molecule has 9 heteroatoms. The fourth-order valence-electron chi connectivity index (χ4n) is 2.97. The third-order valence-electron chi connectivity index (χ3n) is 4.67. The van der Waals surface area contributed by atoms with Gasteiger partial charge in [-0.1, -0.05) is 0 Å². The molecule has 0 aliphatic carbocycles. The van der Waals surface area contributed by atoms with Gasteiger partial charge in [0.05, 0.1) is 10.7 Å². The predicted octanol–water partition coefficient (Wildman–Crippen LogP) is 2.02. The highest BCUT2D eigenvalue weighted by molar-refractivity contribution is 7.11. The van der Waals surface area contributed by atoms with Gasteiger partial charge in [0.1, 0.15) is 5.60 Å². The molecule has 2 N–H and O–H groups in total. The quantitative estimate of drug-likeness (QED) is 0.537. The summed E-state index contributed by atoms with van der Waals surface area (Å²) in [7, 11) is 1.78. The van der Waals surface area contributed by atoms with Crippen LogP contribution in [0.15, 0.2) is 4.99 Å². The van der Waals surface area contributed by atoms with E-state index in [0.717, 1.165) is 55.8 Å². The number of amides is 1. The van der Waals surface area contributed by atoms with Crippen molar-refractivity contribution in [2.45, 2.75) is 46.6 Å². The van der Waals surface area contributed by atoms with Crippen molar-refractivity contribution in [3.63, 3.8) is 0 Å². The molecule has 8 nitrogen and oxygen atoms in total. The van der Waals surface area contributed by atoms with Gasteiger partial charge in [-0.25, -0.2) is 9.78 Å². The molecule has 0 atom stereocenters. The Balaban J connectivity index is 1.61. The molecule has 0 spiro atoms. The van der Waals surface area contributed by atoms with Gasteiger partial charge >= 0.3 is 6.09 Å². The van der Waals surface area contributed by atoms with Crippen LogP contribution in [0.2, 0.25) is 0 Å². The monoisotopic (exact) mass is 424 g/mol. The van der Waals surface area contributed by atoms with Gasteiger partial charge in [-0.05, 0) is 34.6 Å². The number of hydrogen-bond donors (Lipinski definition) is 2. The molecule has 2 rings (SSSR count). The molecular weight excluding hydrogens is 388 g/mol. The average Bonchev–Trinajstić information content (AvgIpc) is 2.97. The smallest absolute Gasteiger partial charge is 0.410 e. The summed E-state index contributed by atoms with van der Waals surface area (Å²) in [5.41, 5.74) is 0.678. The van der Waals surface area contributed by atoms with E-state index in [4.69, 9.17) is 4.74 Å². The number of thiazole rings is 1. The SMILES string of the molecule is CN=C(NCCc1nc(C)c(C)s1)NCCN1CCN(C(=O)OC(C)(C)C)CC1. The van der Waals surface area contributed by atoms with E-state index >= 15 is 0 Å². The zero-order valence-corrected chi connectivity index (χ0v) is 19.5. The van der Waals surface area contributed by atoms with Crippen molar-refractivity contribution in [1.29, 1.82) is 0 Å². The molecule has 1 aliphatic heterocycles. The molecule has 0 saturated carbocycles. The summed E-state index contributed by atoms with van der Waals surface area (Å²) in [6.07, 6.45) is 0.678. The Morgan fingerprint density at radius 3 is 2.38 bits per heavy atom. The lowest BCUT2D eigenvalue weighted by Gasteiger charge is -2.35. The first-order chi connectivity index (χ1) is 13.7. The van der Waals surface area contributed by atoms with Gasteiger partial charge in [0, 0.05) is 64.2 Å². The molecule has 164 valence electrons. The predicted molar refractivity (Wildman–Crippen MR) is 119 cm³/mol. The number of ether oxygens (including phenoxy) is 1. The third-order valence-corrected chi connectivity index (χ3v) is 5.80. The lowest BCUT2D eigenvalue weighted by molar-refractivity contribution is 0.0147. The van der Waals surface area contributed by atoms with Gasteiger partial charge in [0.2, 0.25) is 0 Å². The van der Waals surface area contributed by atoms with Gasteiger partial charge < -0.3 is 20.3 Å². The second-order valence-electron chi connectivity index (χ2n) is 8.23. The van der Waals surface area contributed by atoms with Crippen LogP contribution in [-0.2, 0) is 11.2 Å². The molecule has 29 heavy (non-hydrogen) atoms. The van der Waals surface area contributed by atoms with Crippen LogP contribution in [0.5, 0.6) is 0 Å². The van der Waals surface area contributed by atoms with E-state index in [-0.39, 0.29) is 6.09 Å². The maximum absolute atomic E-state index is 12.1. The number of nitrogens with zero attached hydrogens (tertiary/aromatic N) is 4. The van der Waals surface area contributed by atoms with Crippen LogP contribution < -0.4 is 10.6 Å². The van der Waals surface area contributed by atoms with E-state index in [1.807, 2.05) is 20.8 Å². The van der Waals surface area contributed by atoms with Crippen molar-refractivity contribution in [2.75, 3.05) is 52.9 Å². The number of nitrogens with one attached hydrogen (secondary N) is 2. The van der Waals surface area contributed by atoms with Crippen LogP contribution in [0.25, 0.3) is 0 Å². The molecule has 1 amide bonds. The highest BCUT2D eigenvalue weighted by Crippen LogP contribution is 2.16. The number of hydrogen-bond acceptors (Lipinski definition) is 6. The van der Waals surface area contributed by atoms with E-state index in [1.165, 1.54) is 4.88 Å². The fraction of sp³-hybridized carbons (Fsp3) is 0.750. The molecule has 2 heterocycles. The summed E-state index contributed by atoms with van der Waals surface area (Å²) < 4.78 is 5.45. The minimum absolute atomic E-state index is 0.217. The Kier molecular flexibility index (Phi) is 8.70. The Morgan fingerprint density at radius 2 is 1.83 bits per heavy atom. The molecule has 0 unspecified atom stereocenters. The minimum Gasteiger partial charge on any atom is -0.444 e. The second-order valence-corrected chi connectivity index (χ2v) is 9.52. The van der Waals surface area contributed by atoms with Crippen LogP contribution >= 0.6 is 11.3 Å². The zero-order valence-electron chi connectivity index (χ0n) is 18.7. The van der Waals surface area contributed by atoms with Gasteiger partial charge in [-0.15, -0.1) is 11.3 Å². The number of aromatic nitrogens is 1. The topological polar surface area (TPSA) is 82.1 Å². The highest BCUT2D eigenvalue weighted by Gasteiger charge is 2.25. The van der Waals surface area contributed by atoms with Gasteiger partial charge in [-0.3, -0.25) is 9.89 Å². The summed E-state index contributed by atoms with van der Waals surface area (Å²) in [6, 6.07) is 0. The lowest BCUT2D eigenvalue weighted by atomic mass is 10.2.